The molecule has 2 N–H and O–H groups in total. The van der Waals surface area contributed by atoms with Gasteiger partial charge in [-0.3, -0.25) is 4.79 Å². The number of nitrogens with zero attached hydrogens (tertiary/aromatic N) is 1. The number of hydrogen-bond acceptors (Lipinski definition) is 2. The summed E-state index contributed by atoms with van der Waals surface area (Å²) in [6, 6.07) is 0. The number of aromatic carboxylic acids is 1. The van der Waals surface area contributed by atoms with E-state index in [-0.39, 0.29) is 5.56 Å². The van der Waals surface area contributed by atoms with E-state index in [4.69, 9.17) is 10.2 Å². The van der Waals surface area contributed by atoms with Crippen molar-refractivity contribution in [3.8, 4) is 0 Å². The summed E-state index contributed by atoms with van der Waals surface area (Å²) in [4.78, 5) is 22.2. The SMILES string of the molecule is Cc1c(C(=O)O)c2n(c1C)CCC2C(=O)O. The summed E-state index contributed by atoms with van der Waals surface area (Å²) in [5.74, 6) is -2.67. The molecule has 0 amide bonds. The van der Waals surface area contributed by atoms with Crippen molar-refractivity contribution in [3.63, 3.8) is 0 Å². The van der Waals surface area contributed by atoms with Crippen LogP contribution >= 0.6 is 0 Å². The monoisotopic (exact) mass is 223 g/mol. The molecule has 0 aliphatic carbocycles. The van der Waals surface area contributed by atoms with E-state index >= 15 is 0 Å². The molecule has 1 aromatic heterocycles. The molecule has 1 unspecified atom stereocenters. The number of carboxylic acid groups (broad SMARTS) is 2. The normalized spacial score (nSPS) is 18.5. The smallest absolute Gasteiger partial charge is 0.337 e. The zero-order valence-electron chi connectivity index (χ0n) is 9.15. The summed E-state index contributed by atoms with van der Waals surface area (Å²) in [7, 11) is 0. The molecule has 0 fully saturated rings. The lowest BCUT2D eigenvalue weighted by atomic mass is 9.99. The molecule has 0 saturated heterocycles. The lowest BCUT2D eigenvalue weighted by Gasteiger charge is -2.05. The zero-order chi connectivity index (χ0) is 12.0. The van der Waals surface area contributed by atoms with Crippen LogP contribution in [0.2, 0.25) is 0 Å². The minimum Gasteiger partial charge on any atom is -0.481 e. The second-order valence-electron chi connectivity index (χ2n) is 4.11. The second-order valence-corrected chi connectivity index (χ2v) is 4.11. The van der Waals surface area contributed by atoms with Gasteiger partial charge in [-0.2, -0.15) is 0 Å². The minimum atomic E-state index is -1.04. The lowest BCUT2D eigenvalue weighted by Crippen LogP contribution is -2.12. The number of carboxylic acids is 2. The summed E-state index contributed by atoms with van der Waals surface area (Å²) in [6.45, 7) is 4.14. The fraction of sp³-hybridized carbons (Fsp3) is 0.455. The average Bonchev–Trinajstić information content (AvgIpc) is 2.68. The Morgan fingerprint density at radius 1 is 1.31 bits per heavy atom. The van der Waals surface area contributed by atoms with Crippen molar-refractivity contribution >= 4 is 11.9 Å². The Morgan fingerprint density at radius 3 is 2.44 bits per heavy atom. The van der Waals surface area contributed by atoms with Crippen molar-refractivity contribution in [3.05, 3.63) is 22.5 Å². The van der Waals surface area contributed by atoms with Crippen LogP contribution in [0.5, 0.6) is 0 Å². The molecule has 0 radical (unpaired) electrons. The third-order valence-corrected chi connectivity index (χ3v) is 3.35. The van der Waals surface area contributed by atoms with E-state index in [0.29, 0.717) is 24.2 Å². The van der Waals surface area contributed by atoms with Crippen LogP contribution < -0.4 is 0 Å². The standard InChI is InChI=1S/C11H13NO4/c1-5-6(2)12-4-3-7(10(13)14)9(12)8(5)11(15)16/h7H,3-4H2,1-2H3,(H,13,14)(H,15,16). The molecule has 5 nitrogen and oxygen atoms in total. The highest BCUT2D eigenvalue weighted by Crippen LogP contribution is 2.36. The first-order valence-electron chi connectivity index (χ1n) is 5.10. The molecule has 2 heterocycles. The lowest BCUT2D eigenvalue weighted by molar-refractivity contribution is -0.138. The Bertz CT molecular complexity index is 487. The van der Waals surface area contributed by atoms with Crippen molar-refractivity contribution in [2.75, 3.05) is 0 Å². The number of carbonyl (C=O) groups is 2. The molecule has 16 heavy (non-hydrogen) atoms. The first-order valence-corrected chi connectivity index (χ1v) is 5.10. The first-order chi connectivity index (χ1) is 7.45. The van der Waals surface area contributed by atoms with Crippen LogP contribution in [0.1, 0.15) is 39.6 Å². The average molecular weight is 223 g/mol. The van der Waals surface area contributed by atoms with Crippen molar-refractivity contribution in [2.45, 2.75) is 32.7 Å². The third kappa shape index (κ3) is 1.24. The highest BCUT2D eigenvalue weighted by Gasteiger charge is 2.36. The molecule has 1 aromatic rings. The molecule has 0 bridgehead atoms. The van der Waals surface area contributed by atoms with Crippen molar-refractivity contribution in [2.24, 2.45) is 0 Å². The number of aromatic nitrogens is 1. The van der Waals surface area contributed by atoms with Crippen molar-refractivity contribution in [1.82, 2.24) is 4.57 Å². The van der Waals surface area contributed by atoms with Gasteiger partial charge < -0.3 is 14.8 Å². The first kappa shape index (κ1) is 10.7. The Kier molecular flexibility index (Phi) is 2.26. The van der Waals surface area contributed by atoms with Gasteiger partial charge in [0.05, 0.1) is 11.5 Å². The van der Waals surface area contributed by atoms with Crippen LogP contribution in [0.4, 0.5) is 0 Å². The Morgan fingerprint density at radius 2 is 1.94 bits per heavy atom. The summed E-state index contributed by atoms with van der Waals surface area (Å²) in [5.41, 5.74) is 2.15. The molecular weight excluding hydrogens is 210 g/mol. The van der Waals surface area contributed by atoms with Gasteiger partial charge in [0.1, 0.15) is 0 Å². The Labute approximate surface area is 92.3 Å². The van der Waals surface area contributed by atoms with E-state index < -0.39 is 17.9 Å². The number of rotatable bonds is 2. The van der Waals surface area contributed by atoms with Gasteiger partial charge in [0.25, 0.3) is 0 Å². The van der Waals surface area contributed by atoms with Crippen molar-refractivity contribution < 1.29 is 19.8 Å². The highest BCUT2D eigenvalue weighted by atomic mass is 16.4. The zero-order valence-corrected chi connectivity index (χ0v) is 9.15. The summed E-state index contributed by atoms with van der Waals surface area (Å²) in [5, 5.41) is 18.2. The van der Waals surface area contributed by atoms with Gasteiger partial charge in [-0.25, -0.2) is 4.79 Å². The van der Waals surface area contributed by atoms with E-state index in [1.54, 1.807) is 6.92 Å². The molecule has 0 saturated carbocycles. The van der Waals surface area contributed by atoms with Crippen LogP contribution in [0.3, 0.4) is 0 Å². The van der Waals surface area contributed by atoms with Gasteiger partial charge in [-0.1, -0.05) is 0 Å². The van der Waals surface area contributed by atoms with Crippen LogP contribution in [0.25, 0.3) is 0 Å². The fourth-order valence-electron chi connectivity index (χ4n) is 2.45. The van der Waals surface area contributed by atoms with E-state index in [1.165, 1.54) is 0 Å². The van der Waals surface area contributed by atoms with E-state index in [0.717, 1.165) is 5.69 Å². The maximum atomic E-state index is 11.2. The predicted octanol–water partition coefficient (Wildman–Crippen LogP) is 1.38. The van der Waals surface area contributed by atoms with Crippen LogP contribution in [-0.4, -0.2) is 26.7 Å². The number of hydrogen-bond donors (Lipinski definition) is 2. The predicted molar refractivity (Wildman–Crippen MR) is 55.9 cm³/mol. The molecule has 2 rings (SSSR count). The van der Waals surface area contributed by atoms with Gasteiger partial charge in [-0.15, -0.1) is 0 Å². The molecule has 0 spiro atoms. The number of aliphatic carboxylic acids is 1. The minimum absolute atomic E-state index is 0.169. The largest absolute Gasteiger partial charge is 0.481 e. The summed E-state index contributed by atoms with van der Waals surface area (Å²) in [6.07, 6.45) is 0.478. The maximum absolute atomic E-state index is 11.2. The van der Waals surface area contributed by atoms with Gasteiger partial charge in [0.15, 0.2) is 0 Å². The van der Waals surface area contributed by atoms with E-state index in [2.05, 4.69) is 0 Å². The van der Waals surface area contributed by atoms with Crippen molar-refractivity contribution in [1.29, 1.82) is 0 Å². The maximum Gasteiger partial charge on any atom is 0.337 e. The van der Waals surface area contributed by atoms with Crippen LogP contribution in [-0.2, 0) is 11.3 Å². The highest BCUT2D eigenvalue weighted by molar-refractivity contribution is 5.94. The molecular formula is C11H13NO4. The molecule has 86 valence electrons. The Hall–Kier alpha value is -1.78. The molecule has 0 aromatic carbocycles. The number of fused-ring (bicyclic) bond motifs is 1. The van der Waals surface area contributed by atoms with E-state index in [1.807, 2.05) is 11.5 Å². The van der Waals surface area contributed by atoms with Crippen LogP contribution in [0, 0.1) is 13.8 Å². The molecule has 1 aliphatic rings. The fourth-order valence-corrected chi connectivity index (χ4v) is 2.45. The topological polar surface area (TPSA) is 79.5 Å². The Balaban J connectivity index is 2.68. The quantitative estimate of drug-likeness (QED) is 0.793. The van der Waals surface area contributed by atoms with Gasteiger partial charge in [-0.05, 0) is 25.8 Å². The summed E-state index contributed by atoms with van der Waals surface area (Å²) < 4.78 is 1.82. The summed E-state index contributed by atoms with van der Waals surface area (Å²) >= 11 is 0. The molecule has 5 heteroatoms. The third-order valence-electron chi connectivity index (χ3n) is 3.35. The molecule has 1 aliphatic heterocycles. The van der Waals surface area contributed by atoms with E-state index in [9.17, 15) is 9.59 Å². The van der Waals surface area contributed by atoms with Crippen LogP contribution in [0.15, 0.2) is 0 Å². The molecule has 1 atom stereocenters. The van der Waals surface area contributed by atoms with Gasteiger partial charge in [0, 0.05) is 17.9 Å². The van der Waals surface area contributed by atoms with Gasteiger partial charge >= 0.3 is 11.9 Å². The second kappa shape index (κ2) is 3.37. The van der Waals surface area contributed by atoms with Gasteiger partial charge in [0.2, 0.25) is 0 Å².